The van der Waals surface area contributed by atoms with Gasteiger partial charge < -0.3 is 10.6 Å². The van der Waals surface area contributed by atoms with E-state index in [0.29, 0.717) is 0 Å². The zero-order chi connectivity index (χ0) is 12.3. The predicted octanol–water partition coefficient (Wildman–Crippen LogP) is 2.58. The van der Waals surface area contributed by atoms with E-state index in [2.05, 4.69) is 10.6 Å². The van der Waals surface area contributed by atoms with Crippen molar-refractivity contribution >= 4 is 28.8 Å². The first-order valence-corrected chi connectivity index (χ1v) is 6.31. The molecule has 0 radical (unpaired) electrons. The monoisotopic (exact) mass is 260 g/mol. The van der Waals surface area contributed by atoms with Crippen LogP contribution in [0.3, 0.4) is 0 Å². The number of hydrogen-bond donors (Lipinski definition) is 2. The number of hydrogen-bond acceptors (Lipinski definition) is 3. The maximum Gasteiger partial charge on any atom is 0.240 e. The number of halogens is 1. The fourth-order valence-electron chi connectivity index (χ4n) is 1.12. The molecule has 3 nitrogen and oxygen atoms in total. The molecule has 0 aromatic carbocycles. The SMILES string of the molecule is CNC(C)(C)C(=O)NC(C)c1ccc(Cl)s1. The normalized spacial score (nSPS) is 13.6. The van der Waals surface area contributed by atoms with Crippen molar-refractivity contribution in [2.24, 2.45) is 0 Å². The molecule has 1 amide bonds. The van der Waals surface area contributed by atoms with Gasteiger partial charge in [-0.1, -0.05) is 11.6 Å². The van der Waals surface area contributed by atoms with Gasteiger partial charge in [0, 0.05) is 4.88 Å². The van der Waals surface area contributed by atoms with Crippen LogP contribution in [0.1, 0.15) is 31.7 Å². The molecule has 16 heavy (non-hydrogen) atoms. The zero-order valence-corrected chi connectivity index (χ0v) is 11.5. The first-order chi connectivity index (χ1) is 7.36. The molecule has 2 N–H and O–H groups in total. The van der Waals surface area contributed by atoms with Crippen LogP contribution in [0, 0.1) is 0 Å². The van der Waals surface area contributed by atoms with Gasteiger partial charge in [-0.2, -0.15) is 0 Å². The molecule has 0 saturated heterocycles. The van der Waals surface area contributed by atoms with Crippen molar-refractivity contribution in [2.75, 3.05) is 7.05 Å². The summed E-state index contributed by atoms with van der Waals surface area (Å²) in [5.74, 6) is -0.0213. The van der Waals surface area contributed by atoms with Crippen LogP contribution in [0.4, 0.5) is 0 Å². The fourth-order valence-corrected chi connectivity index (χ4v) is 2.19. The third-order valence-electron chi connectivity index (χ3n) is 2.56. The first kappa shape index (κ1) is 13.5. The largest absolute Gasteiger partial charge is 0.347 e. The molecule has 1 aromatic heterocycles. The maximum absolute atomic E-state index is 11.9. The first-order valence-electron chi connectivity index (χ1n) is 5.12. The summed E-state index contributed by atoms with van der Waals surface area (Å²) in [7, 11) is 1.77. The molecule has 0 bridgehead atoms. The lowest BCUT2D eigenvalue weighted by molar-refractivity contribution is -0.126. The highest BCUT2D eigenvalue weighted by Gasteiger charge is 2.26. The van der Waals surface area contributed by atoms with Crippen LogP contribution in [-0.2, 0) is 4.79 Å². The maximum atomic E-state index is 11.9. The van der Waals surface area contributed by atoms with E-state index in [4.69, 9.17) is 11.6 Å². The van der Waals surface area contributed by atoms with Gasteiger partial charge in [-0.25, -0.2) is 0 Å². The number of thiophene rings is 1. The molecule has 1 unspecified atom stereocenters. The average molecular weight is 261 g/mol. The lowest BCUT2D eigenvalue weighted by Crippen LogP contribution is -2.51. The summed E-state index contributed by atoms with van der Waals surface area (Å²) in [5.41, 5.74) is -0.560. The van der Waals surface area contributed by atoms with E-state index < -0.39 is 5.54 Å². The second-order valence-corrected chi connectivity index (χ2v) is 5.96. The molecule has 0 aliphatic heterocycles. The van der Waals surface area contributed by atoms with Gasteiger partial charge in [0.15, 0.2) is 0 Å². The summed E-state index contributed by atoms with van der Waals surface area (Å²) >= 11 is 7.34. The lowest BCUT2D eigenvalue weighted by atomic mass is 10.0. The van der Waals surface area contributed by atoms with Gasteiger partial charge in [0.05, 0.1) is 15.9 Å². The van der Waals surface area contributed by atoms with E-state index >= 15 is 0 Å². The Morgan fingerprint density at radius 2 is 2.12 bits per heavy atom. The van der Waals surface area contributed by atoms with E-state index in [1.807, 2.05) is 32.9 Å². The summed E-state index contributed by atoms with van der Waals surface area (Å²) in [6.45, 7) is 5.64. The highest BCUT2D eigenvalue weighted by molar-refractivity contribution is 7.16. The molecule has 5 heteroatoms. The highest BCUT2D eigenvalue weighted by Crippen LogP contribution is 2.26. The standard InChI is InChI=1S/C11H17ClN2OS/c1-7(8-5-6-9(12)16-8)14-10(15)11(2,3)13-4/h5-7,13H,1-4H3,(H,14,15). The topological polar surface area (TPSA) is 41.1 Å². The van der Waals surface area contributed by atoms with E-state index in [0.717, 1.165) is 9.21 Å². The molecule has 0 aliphatic carbocycles. The number of amides is 1. The van der Waals surface area contributed by atoms with Crippen molar-refractivity contribution in [1.82, 2.24) is 10.6 Å². The van der Waals surface area contributed by atoms with Gasteiger partial charge in [0.1, 0.15) is 0 Å². The zero-order valence-electron chi connectivity index (χ0n) is 9.93. The Morgan fingerprint density at radius 1 is 1.50 bits per heavy atom. The Morgan fingerprint density at radius 3 is 2.56 bits per heavy atom. The van der Waals surface area contributed by atoms with Crippen LogP contribution >= 0.6 is 22.9 Å². The van der Waals surface area contributed by atoms with Gasteiger partial charge >= 0.3 is 0 Å². The van der Waals surface area contributed by atoms with Gasteiger partial charge in [-0.05, 0) is 40.0 Å². The summed E-state index contributed by atoms with van der Waals surface area (Å²) in [6, 6.07) is 3.76. The molecule has 0 aliphatic rings. The van der Waals surface area contributed by atoms with Crippen molar-refractivity contribution in [3.05, 3.63) is 21.3 Å². The highest BCUT2D eigenvalue weighted by atomic mass is 35.5. The Kier molecular flexibility index (Phi) is 4.35. The second-order valence-electron chi connectivity index (χ2n) is 4.21. The molecule has 0 fully saturated rings. The van der Waals surface area contributed by atoms with Crippen molar-refractivity contribution < 1.29 is 4.79 Å². The summed E-state index contributed by atoms with van der Waals surface area (Å²) in [6.07, 6.45) is 0. The summed E-state index contributed by atoms with van der Waals surface area (Å²) < 4.78 is 0.740. The van der Waals surface area contributed by atoms with E-state index in [9.17, 15) is 4.79 Å². The molecule has 0 spiro atoms. The molecule has 1 rings (SSSR count). The third-order valence-corrected chi connectivity index (χ3v) is 3.97. The van der Waals surface area contributed by atoms with Gasteiger partial charge in [-0.15, -0.1) is 11.3 Å². The van der Waals surface area contributed by atoms with Crippen LogP contribution in [-0.4, -0.2) is 18.5 Å². The van der Waals surface area contributed by atoms with Gasteiger partial charge in [-0.3, -0.25) is 4.79 Å². The third kappa shape index (κ3) is 3.20. The van der Waals surface area contributed by atoms with Crippen molar-refractivity contribution in [1.29, 1.82) is 0 Å². The Labute approximate surface area is 105 Å². The van der Waals surface area contributed by atoms with Crippen LogP contribution in [0.5, 0.6) is 0 Å². The minimum absolute atomic E-state index is 0.0161. The predicted molar refractivity (Wildman–Crippen MR) is 69.0 cm³/mol. The fraction of sp³-hybridized carbons (Fsp3) is 0.545. The second kappa shape index (κ2) is 5.17. The van der Waals surface area contributed by atoms with Gasteiger partial charge in [0.25, 0.3) is 0 Å². The van der Waals surface area contributed by atoms with Gasteiger partial charge in [0.2, 0.25) is 5.91 Å². The molecule has 1 aromatic rings. The molecule has 90 valence electrons. The molecular formula is C11H17ClN2OS. The van der Waals surface area contributed by atoms with Crippen LogP contribution in [0.2, 0.25) is 4.34 Å². The quantitative estimate of drug-likeness (QED) is 0.874. The Bertz CT molecular complexity index is 376. The lowest BCUT2D eigenvalue weighted by Gasteiger charge is -2.25. The summed E-state index contributed by atoms with van der Waals surface area (Å²) in [4.78, 5) is 12.9. The van der Waals surface area contributed by atoms with Crippen LogP contribution in [0.25, 0.3) is 0 Å². The van der Waals surface area contributed by atoms with Crippen molar-refractivity contribution in [3.8, 4) is 0 Å². The number of carbonyl (C=O) groups excluding carboxylic acids is 1. The van der Waals surface area contributed by atoms with Crippen LogP contribution < -0.4 is 10.6 Å². The number of carbonyl (C=O) groups is 1. The molecular weight excluding hydrogens is 244 g/mol. The Hall–Kier alpha value is -0.580. The molecule has 0 saturated carbocycles. The van der Waals surface area contributed by atoms with Crippen molar-refractivity contribution in [3.63, 3.8) is 0 Å². The number of rotatable bonds is 4. The van der Waals surface area contributed by atoms with E-state index in [1.165, 1.54) is 11.3 Å². The Balaban J connectivity index is 2.65. The van der Waals surface area contributed by atoms with E-state index in [1.54, 1.807) is 7.05 Å². The number of likely N-dealkylation sites (N-methyl/N-ethyl adjacent to an activating group) is 1. The smallest absolute Gasteiger partial charge is 0.240 e. The molecule has 1 heterocycles. The van der Waals surface area contributed by atoms with E-state index in [-0.39, 0.29) is 11.9 Å². The summed E-state index contributed by atoms with van der Waals surface area (Å²) in [5, 5.41) is 5.92. The van der Waals surface area contributed by atoms with Crippen molar-refractivity contribution in [2.45, 2.75) is 32.4 Å². The molecule has 1 atom stereocenters. The minimum Gasteiger partial charge on any atom is -0.347 e. The minimum atomic E-state index is -0.560. The number of nitrogens with one attached hydrogen (secondary N) is 2. The van der Waals surface area contributed by atoms with Crippen LogP contribution in [0.15, 0.2) is 12.1 Å². The average Bonchev–Trinajstić information content (AvgIpc) is 2.64.